The minimum Gasteiger partial charge on any atom is -0.458 e. The number of rotatable bonds is 4. The van der Waals surface area contributed by atoms with E-state index < -0.39 is 17.4 Å². The standard InChI is InChI=1S/C16H21NO3/c1-12(18)20-16(10-6-3-7-11-16)14(15(17)19)13-8-4-2-5-9-13/h2,4-5,8-9,14H,3,6-7,10-11H2,1H3,(H2,17,19). The number of hydrogen-bond donors (Lipinski definition) is 1. The number of ether oxygens (including phenoxy) is 1. The molecule has 0 saturated heterocycles. The molecule has 2 N–H and O–H groups in total. The monoisotopic (exact) mass is 275 g/mol. The molecule has 108 valence electrons. The lowest BCUT2D eigenvalue weighted by Gasteiger charge is -2.41. The summed E-state index contributed by atoms with van der Waals surface area (Å²) in [5.74, 6) is -1.36. The summed E-state index contributed by atoms with van der Waals surface area (Å²) in [6, 6.07) is 9.37. The molecule has 1 unspecified atom stereocenters. The van der Waals surface area contributed by atoms with E-state index in [-0.39, 0.29) is 5.97 Å². The van der Waals surface area contributed by atoms with Crippen LogP contribution in [-0.2, 0) is 14.3 Å². The van der Waals surface area contributed by atoms with E-state index in [2.05, 4.69) is 0 Å². The summed E-state index contributed by atoms with van der Waals surface area (Å²) in [7, 11) is 0. The van der Waals surface area contributed by atoms with E-state index in [4.69, 9.17) is 10.5 Å². The fourth-order valence-corrected chi connectivity index (χ4v) is 3.26. The van der Waals surface area contributed by atoms with Gasteiger partial charge >= 0.3 is 5.97 Å². The van der Waals surface area contributed by atoms with Crippen LogP contribution in [0.3, 0.4) is 0 Å². The Hall–Kier alpha value is -1.84. The molecule has 0 aliphatic heterocycles. The SMILES string of the molecule is CC(=O)OC1(C(C(N)=O)c2ccccc2)CCCCC1. The van der Waals surface area contributed by atoms with Crippen molar-refractivity contribution in [3.63, 3.8) is 0 Å². The first-order valence-electron chi connectivity index (χ1n) is 7.09. The number of benzene rings is 1. The molecule has 1 amide bonds. The van der Waals surface area contributed by atoms with Crippen LogP contribution in [0.4, 0.5) is 0 Å². The van der Waals surface area contributed by atoms with Gasteiger partial charge in [-0.25, -0.2) is 0 Å². The summed E-state index contributed by atoms with van der Waals surface area (Å²) in [6.45, 7) is 1.39. The number of carbonyl (C=O) groups is 2. The predicted octanol–water partition coefficient (Wildman–Crippen LogP) is 2.52. The van der Waals surface area contributed by atoms with Crippen molar-refractivity contribution in [1.82, 2.24) is 0 Å². The fourth-order valence-electron chi connectivity index (χ4n) is 3.26. The number of hydrogen-bond acceptors (Lipinski definition) is 3. The Morgan fingerprint density at radius 1 is 1.15 bits per heavy atom. The lowest BCUT2D eigenvalue weighted by Crippen LogP contribution is -2.47. The van der Waals surface area contributed by atoms with Crippen LogP contribution in [0.5, 0.6) is 0 Å². The molecule has 0 heterocycles. The van der Waals surface area contributed by atoms with Gasteiger partial charge in [0.1, 0.15) is 11.5 Å². The minimum absolute atomic E-state index is 0.353. The third kappa shape index (κ3) is 3.00. The second-order valence-corrected chi connectivity index (χ2v) is 5.47. The van der Waals surface area contributed by atoms with Crippen LogP contribution in [-0.4, -0.2) is 17.5 Å². The third-order valence-electron chi connectivity index (χ3n) is 3.99. The summed E-state index contributed by atoms with van der Waals surface area (Å²) >= 11 is 0. The van der Waals surface area contributed by atoms with Crippen LogP contribution in [0.15, 0.2) is 30.3 Å². The van der Waals surface area contributed by atoms with Crippen molar-refractivity contribution in [1.29, 1.82) is 0 Å². The molecule has 1 aliphatic carbocycles. The Morgan fingerprint density at radius 3 is 2.25 bits per heavy atom. The highest BCUT2D eigenvalue weighted by Crippen LogP contribution is 2.43. The van der Waals surface area contributed by atoms with E-state index in [1.54, 1.807) is 0 Å². The molecule has 0 spiro atoms. The number of carbonyl (C=O) groups excluding carboxylic acids is 2. The minimum atomic E-state index is -0.780. The molecule has 0 aromatic heterocycles. The van der Waals surface area contributed by atoms with Gasteiger partial charge in [-0.3, -0.25) is 9.59 Å². The predicted molar refractivity (Wildman–Crippen MR) is 76.0 cm³/mol. The summed E-state index contributed by atoms with van der Waals surface area (Å²) in [5.41, 5.74) is 5.67. The molecule has 1 aliphatic rings. The highest BCUT2D eigenvalue weighted by Gasteiger charge is 2.46. The lowest BCUT2D eigenvalue weighted by atomic mass is 9.72. The normalized spacial score (nSPS) is 19.1. The first-order chi connectivity index (χ1) is 9.55. The highest BCUT2D eigenvalue weighted by molar-refractivity contribution is 5.84. The van der Waals surface area contributed by atoms with Gasteiger partial charge in [0.15, 0.2) is 0 Å². The van der Waals surface area contributed by atoms with E-state index in [1.165, 1.54) is 6.92 Å². The summed E-state index contributed by atoms with van der Waals surface area (Å²) in [6.07, 6.45) is 4.38. The van der Waals surface area contributed by atoms with E-state index in [9.17, 15) is 9.59 Å². The summed E-state index contributed by atoms with van der Waals surface area (Å²) < 4.78 is 5.62. The van der Waals surface area contributed by atoms with E-state index >= 15 is 0 Å². The molecule has 1 aromatic rings. The van der Waals surface area contributed by atoms with Gasteiger partial charge in [0.05, 0.1) is 0 Å². The molecule has 0 radical (unpaired) electrons. The summed E-state index contributed by atoms with van der Waals surface area (Å²) in [4.78, 5) is 23.5. The molecule has 2 rings (SSSR count). The van der Waals surface area contributed by atoms with Crippen LogP contribution in [0.2, 0.25) is 0 Å². The maximum absolute atomic E-state index is 12.0. The Morgan fingerprint density at radius 2 is 1.75 bits per heavy atom. The molecule has 20 heavy (non-hydrogen) atoms. The maximum Gasteiger partial charge on any atom is 0.303 e. The number of nitrogens with two attached hydrogens (primary N) is 1. The van der Waals surface area contributed by atoms with Gasteiger partial charge in [-0.15, -0.1) is 0 Å². The number of amides is 1. The Bertz CT molecular complexity index is 478. The van der Waals surface area contributed by atoms with Crippen LogP contribution in [0, 0.1) is 0 Å². The van der Waals surface area contributed by atoms with Crippen molar-refractivity contribution in [2.45, 2.75) is 50.5 Å². The largest absolute Gasteiger partial charge is 0.458 e. The van der Waals surface area contributed by atoms with Gasteiger partial charge in [0.25, 0.3) is 0 Å². The Labute approximate surface area is 119 Å². The van der Waals surface area contributed by atoms with Gasteiger partial charge in [-0.1, -0.05) is 36.8 Å². The topological polar surface area (TPSA) is 69.4 Å². The van der Waals surface area contributed by atoms with Crippen LogP contribution < -0.4 is 5.73 Å². The van der Waals surface area contributed by atoms with Crippen LogP contribution >= 0.6 is 0 Å². The van der Waals surface area contributed by atoms with Crippen molar-refractivity contribution in [2.24, 2.45) is 5.73 Å². The molecule has 1 atom stereocenters. The molecule has 4 nitrogen and oxygen atoms in total. The molecular weight excluding hydrogens is 254 g/mol. The molecule has 4 heteroatoms. The quantitative estimate of drug-likeness (QED) is 0.858. The Balaban J connectivity index is 2.42. The second kappa shape index (κ2) is 6.07. The van der Waals surface area contributed by atoms with Gasteiger partial charge in [0, 0.05) is 6.92 Å². The van der Waals surface area contributed by atoms with Crippen molar-refractivity contribution in [3.8, 4) is 0 Å². The maximum atomic E-state index is 12.0. The lowest BCUT2D eigenvalue weighted by molar-refractivity contribution is -0.165. The van der Waals surface area contributed by atoms with Crippen molar-refractivity contribution >= 4 is 11.9 Å². The number of primary amides is 1. The zero-order valence-electron chi connectivity index (χ0n) is 11.8. The van der Waals surface area contributed by atoms with Gasteiger partial charge in [0.2, 0.25) is 5.91 Å². The van der Waals surface area contributed by atoms with Crippen molar-refractivity contribution in [3.05, 3.63) is 35.9 Å². The van der Waals surface area contributed by atoms with E-state index in [1.807, 2.05) is 30.3 Å². The smallest absolute Gasteiger partial charge is 0.303 e. The second-order valence-electron chi connectivity index (χ2n) is 5.47. The van der Waals surface area contributed by atoms with Crippen molar-refractivity contribution < 1.29 is 14.3 Å². The molecule has 1 aromatic carbocycles. The molecule has 1 saturated carbocycles. The zero-order chi connectivity index (χ0) is 14.6. The highest BCUT2D eigenvalue weighted by atomic mass is 16.6. The first-order valence-corrected chi connectivity index (χ1v) is 7.09. The molecule has 0 bridgehead atoms. The number of esters is 1. The fraction of sp³-hybridized carbons (Fsp3) is 0.500. The van der Waals surface area contributed by atoms with Gasteiger partial charge in [-0.2, -0.15) is 0 Å². The van der Waals surface area contributed by atoms with E-state index in [0.717, 1.165) is 24.8 Å². The van der Waals surface area contributed by atoms with E-state index in [0.29, 0.717) is 12.8 Å². The van der Waals surface area contributed by atoms with Gasteiger partial charge < -0.3 is 10.5 Å². The molecular formula is C16H21NO3. The average molecular weight is 275 g/mol. The van der Waals surface area contributed by atoms with Crippen LogP contribution in [0.25, 0.3) is 0 Å². The van der Waals surface area contributed by atoms with Crippen molar-refractivity contribution in [2.75, 3.05) is 0 Å². The third-order valence-corrected chi connectivity index (χ3v) is 3.99. The molecule has 1 fully saturated rings. The average Bonchev–Trinajstić information content (AvgIpc) is 2.39. The zero-order valence-corrected chi connectivity index (χ0v) is 11.8. The van der Waals surface area contributed by atoms with Gasteiger partial charge in [-0.05, 0) is 31.2 Å². The first kappa shape index (κ1) is 14.6. The Kier molecular flexibility index (Phi) is 4.42. The summed E-state index contributed by atoms with van der Waals surface area (Å²) in [5, 5.41) is 0. The van der Waals surface area contributed by atoms with Crippen LogP contribution in [0.1, 0.15) is 50.5 Å².